The number of sulfonamides is 2. The van der Waals surface area contributed by atoms with Crippen LogP contribution in [0.25, 0.3) is 0 Å². The lowest BCUT2D eigenvalue weighted by Crippen LogP contribution is -2.36. The van der Waals surface area contributed by atoms with Crippen LogP contribution in [0, 0.1) is 0 Å². The van der Waals surface area contributed by atoms with E-state index in [-0.39, 0.29) is 28.2 Å². The zero-order valence-electron chi connectivity index (χ0n) is 19.7. The molecule has 8 nitrogen and oxygen atoms in total. The first-order valence-electron chi connectivity index (χ1n) is 11.5. The van der Waals surface area contributed by atoms with E-state index in [1.165, 1.54) is 26.2 Å². The molecular weight excluding hydrogens is 474 g/mol. The highest BCUT2D eigenvalue weighted by Gasteiger charge is 2.21. The molecule has 1 aliphatic carbocycles. The van der Waals surface area contributed by atoms with Crippen molar-refractivity contribution >= 4 is 26.0 Å². The zero-order valence-corrected chi connectivity index (χ0v) is 21.3. The smallest absolute Gasteiger partial charge is 0.242 e. The molecule has 3 rings (SSSR count). The van der Waals surface area contributed by atoms with Crippen molar-refractivity contribution in [3.63, 3.8) is 0 Å². The molecule has 0 bridgehead atoms. The average Bonchev–Trinajstić information content (AvgIpc) is 2.82. The van der Waals surface area contributed by atoms with Crippen LogP contribution in [0.3, 0.4) is 0 Å². The fraction of sp³-hybridized carbons (Fsp3) is 0.458. The van der Waals surface area contributed by atoms with Crippen LogP contribution >= 0.6 is 0 Å². The second kappa shape index (κ2) is 11.4. The first-order valence-corrected chi connectivity index (χ1v) is 14.4. The van der Waals surface area contributed by atoms with Gasteiger partial charge in [-0.25, -0.2) is 25.9 Å². The van der Waals surface area contributed by atoms with Crippen LogP contribution in [0.2, 0.25) is 0 Å². The van der Waals surface area contributed by atoms with E-state index in [2.05, 4.69) is 10.0 Å². The molecule has 186 valence electrons. The maximum absolute atomic E-state index is 12.6. The Balaban J connectivity index is 1.46. The van der Waals surface area contributed by atoms with Gasteiger partial charge in [-0.1, -0.05) is 43.5 Å². The summed E-state index contributed by atoms with van der Waals surface area (Å²) in [6.07, 6.45) is 5.78. The van der Waals surface area contributed by atoms with Gasteiger partial charge in [0.2, 0.25) is 26.0 Å². The lowest BCUT2D eigenvalue weighted by Gasteiger charge is -2.22. The van der Waals surface area contributed by atoms with Crippen molar-refractivity contribution in [2.24, 2.45) is 0 Å². The van der Waals surface area contributed by atoms with Crippen LogP contribution in [0.4, 0.5) is 0 Å². The lowest BCUT2D eigenvalue weighted by molar-refractivity contribution is -0.121. The number of carbonyl (C=O) groups excluding carboxylic acids is 1. The van der Waals surface area contributed by atoms with E-state index in [9.17, 15) is 21.6 Å². The summed E-state index contributed by atoms with van der Waals surface area (Å²) >= 11 is 0. The van der Waals surface area contributed by atoms with E-state index in [0.717, 1.165) is 47.5 Å². The van der Waals surface area contributed by atoms with Crippen molar-refractivity contribution in [2.45, 2.75) is 67.3 Å². The van der Waals surface area contributed by atoms with E-state index < -0.39 is 20.0 Å². The first-order chi connectivity index (χ1) is 16.1. The normalized spacial score (nSPS) is 15.4. The molecule has 1 aliphatic rings. The molecule has 0 atom stereocenters. The van der Waals surface area contributed by atoms with Crippen molar-refractivity contribution in [1.29, 1.82) is 0 Å². The van der Waals surface area contributed by atoms with Gasteiger partial charge in [0.05, 0.1) is 9.79 Å². The largest absolute Gasteiger partial charge is 0.352 e. The van der Waals surface area contributed by atoms with Gasteiger partial charge in [0.15, 0.2) is 0 Å². The standard InChI is InChI=1S/C24H33N3O5S2/c1-27(2)34(31,32)23-15-10-20(11-16-23)18-25-24(28)17-12-19-8-13-22(14-9-19)33(29,30)26-21-6-4-3-5-7-21/h8-11,13-16,21,26H,3-7,12,17-18H2,1-2H3,(H,25,28). The Morgan fingerprint density at radius 2 is 1.41 bits per heavy atom. The second-order valence-electron chi connectivity index (χ2n) is 8.81. The van der Waals surface area contributed by atoms with Crippen molar-refractivity contribution in [2.75, 3.05) is 14.1 Å². The van der Waals surface area contributed by atoms with Gasteiger partial charge in [-0.15, -0.1) is 0 Å². The van der Waals surface area contributed by atoms with Gasteiger partial charge < -0.3 is 5.32 Å². The maximum atomic E-state index is 12.6. The number of carbonyl (C=O) groups is 1. The van der Waals surface area contributed by atoms with Gasteiger partial charge in [-0.05, 0) is 54.7 Å². The monoisotopic (exact) mass is 507 g/mol. The van der Waals surface area contributed by atoms with Crippen molar-refractivity contribution in [3.05, 3.63) is 59.7 Å². The fourth-order valence-corrected chi connectivity index (χ4v) is 6.09. The highest BCUT2D eigenvalue weighted by molar-refractivity contribution is 7.89. The highest BCUT2D eigenvalue weighted by atomic mass is 32.2. The predicted molar refractivity (Wildman–Crippen MR) is 131 cm³/mol. The highest BCUT2D eigenvalue weighted by Crippen LogP contribution is 2.20. The minimum absolute atomic E-state index is 0.00992. The van der Waals surface area contributed by atoms with Gasteiger partial charge in [0.25, 0.3) is 0 Å². The van der Waals surface area contributed by atoms with Crippen LogP contribution in [-0.2, 0) is 37.8 Å². The number of nitrogens with zero attached hydrogens (tertiary/aromatic N) is 1. The van der Waals surface area contributed by atoms with Crippen LogP contribution < -0.4 is 10.0 Å². The molecule has 0 heterocycles. The molecule has 10 heteroatoms. The summed E-state index contributed by atoms with van der Waals surface area (Å²) in [5.74, 6) is -0.138. The number of hydrogen-bond donors (Lipinski definition) is 2. The quantitative estimate of drug-likeness (QED) is 0.514. The van der Waals surface area contributed by atoms with E-state index in [4.69, 9.17) is 0 Å². The summed E-state index contributed by atoms with van der Waals surface area (Å²) in [5, 5.41) is 2.83. The molecule has 2 aromatic rings. The number of rotatable bonds is 10. The molecule has 2 aromatic carbocycles. The number of aryl methyl sites for hydroxylation is 1. The molecule has 0 aliphatic heterocycles. The van der Waals surface area contributed by atoms with Crippen LogP contribution in [0.15, 0.2) is 58.3 Å². The summed E-state index contributed by atoms with van der Waals surface area (Å²) in [4.78, 5) is 12.7. The maximum Gasteiger partial charge on any atom is 0.242 e. The lowest BCUT2D eigenvalue weighted by atomic mass is 9.96. The Kier molecular flexibility index (Phi) is 8.86. The Bertz CT molecular complexity index is 1170. The summed E-state index contributed by atoms with van der Waals surface area (Å²) in [6.45, 7) is 0.297. The molecule has 1 fully saturated rings. The Morgan fingerprint density at radius 1 is 0.853 bits per heavy atom. The number of amides is 1. The molecule has 1 saturated carbocycles. The molecule has 0 radical (unpaired) electrons. The van der Waals surface area contributed by atoms with Crippen LogP contribution in [0.5, 0.6) is 0 Å². The van der Waals surface area contributed by atoms with E-state index in [0.29, 0.717) is 13.0 Å². The van der Waals surface area contributed by atoms with Crippen molar-refractivity contribution in [1.82, 2.24) is 14.3 Å². The summed E-state index contributed by atoms with van der Waals surface area (Å²) in [6, 6.07) is 13.1. The third-order valence-electron chi connectivity index (χ3n) is 5.99. The Hall–Kier alpha value is -2.27. The zero-order chi connectivity index (χ0) is 24.8. The van der Waals surface area contributed by atoms with E-state index in [1.54, 1.807) is 36.4 Å². The molecule has 0 unspecified atom stereocenters. The minimum atomic E-state index is -3.53. The second-order valence-corrected chi connectivity index (χ2v) is 12.7. The third-order valence-corrected chi connectivity index (χ3v) is 9.36. The SMILES string of the molecule is CN(C)S(=O)(=O)c1ccc(CNC(=O)CCc2ccc(S(=O)(=O)NC3CCCCC3)cc2)cc1. The minimum Gasteiger partial charge on any atom is -0.352 e. The Labute approximate surface area is 202 Å². The molecule has 0 spiro atoms. The van der Waals surface area contributed by atoms with Crippen molar-refractivity contribution in [3.8, 4) is 0 Å². The first kappa shape index (κ1) is 26.3. The van der Waals surface area contributed by atoms with Crippen molar-refractivity contribution < 1.29 is 21.6 Å². The number of benzene rings is 2. The van der Waals surface area contributed by atoms with Gasteiger partial charge in [0.1, 0.15) is 0 Å². The number of hydrogen-bond acceptors (Lipinski definition) is 5. The predicted octanol–water partition coefficient (Wildman–Crippen LogP) is 2.80. The topological polar surface area (TPSA) is 113 Å². The molecular formula is C24H33N3O5S2. The third kappa shape index (κ3) is 7.11. The fourth-order valence-electron chi connectivity index (χ4n) is 3.88. The van der Waals surface area contributed by atoms with Gasteiger partial charge in [-0.2, -0.15) is 0 Å². The molecule has 34 heavy (non-hydrogen) atoms. The van der Waals surface area contributed by atoms with Gasteiger partial charge in [-0.3, -0.25) is 4.79 Å². The number of nitrogens with one attached hydrogen (secondary N) is 2. The Morgan fingerprint density at radius 3 is 2.00 bits per heavy atom. The summed E-state index contributed by atoms with van der Waals surface area (Å²) < 4.78 is 53.4. The average molecular weight is 508 g/mol. The van der Waals surface area contributed by atoms with Crippen LogP contribution in [0.1, 0.15) is 49.7 Å². The van der Waals surface area contributed by atoms with Crippen LogP contribution in [-0.4, -0.2) is 47.2 Å². The molecule has 2 N–H and O–H groups in total. The molecule has 0 aromatic heterocycles. The van der Waals surface area contributed by atoms with Gasteiger partial charge >= 0.3 is 0 Å². The summed E-state index contributed by atoms with van der Waals surface area (Å²) in [7, 11) is -4.06. The molecule has 1 amide bonds. The van der Waals surface area contributed by atoms with Gasteiger partial charge in [0, 0.05) is 33.1 Å². The molecule has 0 saturated heterocycles. The van der Waals surface area contributed by atoms with E-state index >= 15 is 0 Å². The van der Waals surface area contributed by atoms with E-state index in [1.807, 2.05) is 0 Å². The summed E-state index contributed by atoms with van der Waals surface area (Å²) in [5.41, 5.74) is 1.68.